The molecule has 9 aromatic carbocycles. The largest absolute Gasteiger partial charge is 0.455 e. The van der Waals surface area contributed by atoms with Crippen molar-refractivity contribution in [3.05, 3.63) is 212 Å². The maximum atomic E-state index is 6.75. The van der Waals surface area contributed by atoms with Gasteiger partial charge in [0.25, 0.3) is 0 Å². The Morgan fingerprint density at radius 3 is 1.55 bits per heavy atom. The third-order valence-electron chi connectivity index (χ3n) is 10.8. The lowest BCUT2D eigenvalue weighted by molar-refractivity contribution is 0.672. The van der Waals surface area contributed by atoms with Crippen LogP contribution in [0.4, 0.5) is 17.1 Å². The quantitative estimate of drug-likeness (QED) is 0.122. The molecule has 1 aromatic heterocycles. The molecule has 0 unspecified atom stereocenters. The average Bonchev–Trinajstić information content (AvgIpc) is 3.63. The molecule has 0 aliphatic carbocycles. The van der Waals surface area contributed by atoms with Crippen LogP contribution in [0.5, 0.6) is 0 Å². The van der Waals surface area contributed by atoms with E-state index in [0.717, 1.165) is 44.4 Å². The summed E-state index contributed by atoms with van der Waals surface area (Å²) in [7, 11) is -2.79. The van der Waals surface area contributed by atoms with E-state index < -0.39 is 8.07 Å². The monoisotopic (exact) mass is 693 g/mol. The van der Waals surface area contributed by atoms with Gasteiger partial charge >= 0.3 is 0 Å². The second kappa shape index (κ2) is 12.8. The lowest BCUT2D eigenvalue weighted by Gasteiger charge is -2.35. The number of nitrogens with zero attached hydrogens (tertiary/aromatic N) is 1. The van der Waals surface area contributed by atoms with Crippen molar-refractivity contribution < 1.29 is 4.42 Å². The van der Waals surface area contributed by atoms with Gasteiger partial charge in [-0.15, -0.1) is 0 Å². The van der Waals surface area contributed by atoms with Crippen LogP contribution in [0.25, 0.3) is 43.5 Å². The van der Waals surface area contributed by atoms with Gasteiger partial charge in [0.05, 0.1) is 16.8 Å². The molecular weight excluding hydrogens is 659 g/mol. The number of rotatable bonds is 7. The van der Waals surface area contributed by atoms with Crippen molar-refractivity contribution in [3.63, 3.8) is 0 Å². The van der Waals surface area contributed by atoms with Crippen LogP contribution in [0, 0.1) is 0 Å². The van der Waals surface area contributed by atoms with E-state index in [-0.39, 0.29) is 0 Å². The molecule has 0 saturated carbocycles. The van der Waals surface area contributed by atoms with Gasteiger partial charge in [0, 0.05) is 21.8 Å². The molecule has 0 atom stereocenters. The average molecular weight is 694 g/mol. The van der Waals surface area contributed by atoms with Crippen LogP contribution in [-0.2, 0) is 0 Å². The molecule has 53 heavy (non-hydrogen) atoms. The topological polar surface area (TPSA) is 16.4 Å². The number of hydrogen-bond acceptors (Lipinski definition) is 2. The van der Waals surface area contributed by atoms with Crippen LogP contribution in [0.15, 0.2) is 217 Å². The summed E-state index contributed by atoms with van der Waals surface area (Å²) in [5.74, 6) is 0. The van der Waals surface area contributed by atoms with Gasteiger partial charge < -0.3 is 9.32 Å². The van der Waals surface area contributed by atoms with Gasteiger partial charge in [-0.25, -0.2) is 0 Å². The first-order chi connectivity index (χ1) is 26.3. The molecule has 2 nitrogen and oxygen atoms in total. The molecule has 0 N–H and O–H groups in total. The predicted octanol–water partition coefficient (Wildman–Crippen LogP) is 10.7. The Morgan fingerprint density at radius 1 is 0.358 bits per heavy atom. The molecule has 0 fully saturated rings. The van der Waals surface area contributed by atoms with Crippen molar-refractivity contribution in [2.45, 2.75) is 0 Å². The Kier molecular flexibility index (Phi) is 7.52. The maximum Gasteiger partial charge on any atom is 0.179 e. The van der Waals surface area contributed by atoms with E-state index in [1.54, 1.807) is 0 Å². The van der Waals surface area contributed by atoms with Gasteiger partial charge in [-0.05, 0) is 67.9 Å². The summed E-state index contributed by atoms with van der Waals surface area (Å²) in [4.78, 5) is 2.46. The van der Waals surface area contributed by atoms with Crippen molar-refractivity contribution in [3.8, 4) is 0 Å². The van der Waals surface area contributed by atoms with Crippen LogP contribution in [0.2, 0.25) is 0 Å². The zero-order chi connectivity index (χ0) is 35.2. The zero-order valence-electron chi connectivity index (χ0n) is 29.1. The fourth-order valence-electron chi connectivity index (χ4n) is 8.48. The maximum absolute atomic E-state index is 6.75. The first-order valence-corrected chi connectivity index (χ1v) is 20.2. The summed E-state index contributed by atoms with van der Waals surface area (Å²) < 4.78 is 6.75. The molecule has 3 heteroatoms. The number of hydrogen-bond donors (Lipinski definition) is 0. The van der Waals surface area contributed by atoms with Crippen LogP contribution in [0.3, 0.4) is 0 Å². The third-order valence-corrected chi connectivity index (χ3v) is 15.5. The summed E-state index contributed by atoms with van der Waals surface area (Å²) in [6, 6.07) is 77.4. The number of fused-ring (bicyclic) bond motifs is 6. The highest BCUT2D eigenvalue weighted by molar-refractivity contribution is 7.19. The van der Waals surface area contributed by atoms with E-state index in [4.69, 9.17) is 4.42 Å². The second-order valence-electron chi connectivity index (χ2n) is 13.6. The first-order valence-electron chi connectivity index (χ1n) is 18.2. The van der Waals surface area contributed by atoms with E-state index in [9.17, 15) is 0 Å². The molecule has 0 aliphatic rings. The Hall–Kier alpha value is -6.68. The van der Waals surface area contributed by atoms with Crippen LogP contribution >= 0.6 is 0 Å². The minimum atomic E-state index is -2.79. The fourth-order valence-corrected chi connectivity index (χ4v) is 13.3. The fraction of sp³-hybridized carbons (Fsp3) is 0. The smallest absolute Gasteiger partial charge is 0.179 e. The summed E-state index contributed by atoms with van der Waals surface area (Å²) in [5.41, 5.74) is 5.09. The molecule has 0 radical (unpaired) electrons. The summed E-state index contributed by atoms with van der Waals surface area (Å²) in [6.45, 7) is 0. The van der Waals surface area contributed by atoms with Crippen LogP contribution in [0.1, 0.15) is 0 Å². The predicted molar refractivity (Wildman–Crippen MR) is 227 cm³/mol. The number of benzene rings is 9. The van der Waals surface area contributed by atoms with Crippen molar-refractivity contribution in [1.82, 2.24) is 0 Å². The van der Waals surface area contributed by atoms with Crippen molar-refractivity contribution in [2.24, 2.45) is 0 Å². The van der Waals surface area contributed by atoms with Crippen molar-refractivity contribution in [1.29, 1.82) is 0 Å². The third kappa shape index (κ3) is 5.01. The highest BCUT2D eigenvalue weighted by Crippen LogP contribution is 2.45. The molecule has 0 saturated heterocycles. The van der Waals surface area contributed by atoms with Crippen molar-refractivity contribution >= 4 is 89.4 Å². The molecular formula is C50H35NOSi. The SMILES string of the molecule is c1ccc([Si](c2ccccc2)(c2ccccc2)c2cccc(N(c3cccc4ccccc34)c3cccc4oc5c6ccccc6ccc5c34)c2)cc1. The van der Waals surface area contributed by atoms with Crippen LogP contribution in [-0.4, -0.2) is 8.07 Å². The van der Waals surface area contributed by atoms with Gasteiger partial charge in [0.1, 0.15) is 11.2 Å². The van der Waals surface area contributed by atoms with E-state index in [1.165, 1.54) is 36.9 Å². The number of furan rings is 1. The Labute approximate surface area is 309 Å². The van der Waals surface area contributed by atoms with Gasteiger partial charge in [0.2, 0.25) is 0 Å². The Balaban J connectivity index is 1.30. The van der Waals surface area contributed by atoms with Gasteiger partial charge in [-0.2, -0.15) is 0 Å². The molecule has 0 spiro atoms. The van der Waals surface area contributed by atoms with E-state index in [1.807, 2.05) is 0 Å². The van der Waals surface area contributed by atoms with E-state index in [0.29, 0.717) is 0 Å². The second-order valence-corrected chi connectivity index (χ2v) is 17.5. The molecule has 0 amide bonds. The summed E-state index contributed by atoms with van der Waals surface area (Å²) in [6.07, 6.45) is 0. The van der Waals surface area contributed by atoms with Gasteiger partial charge in [0.15, 0.2) is 8.07 Å². The molecule has 10 rings (SSSR count). The van der Waals surface area contributed by atoms with E-state index >= 15 is 0 Å². The molecule has 0 bridgehead atoms. The standard InChI is InChI=1S/C50H35NOSi/c1-4-21-39(22-5-1)53(40-23-6-2-7-24-40,41-25-8-3-9-26-41)42-27-15-20-38(35-42)51(46-30-14-19-36-17-10-12-28-43(36)46)47-31-16-32-48-49(47)45-34-33-37-18-11-13-29-44(37)50(45)52-48/h1-35H. The molecule has 10 aromatic rings. The molecule has 250 valence electrons. The summed E-state index contributed by atoms with van der Waals surface area (Å²) in [5, 5.41) is 12.2. The van der Waals surface area contributed by atoms with E-state index in [2.05, 4.69) is 217 Å². The Bertz CT molecular complexity index is 2800. The number of anilines is 3. The molecule has 0 aliphatic heterocycles. The zero-order valence-corrected chi connectivity index (χ0v) is 30.1. The van der Waals surface area contributed by atoms with Gasteiger partial charge in [-0.3, -0.25) is 0 Å². The normalized spacial score (nSPS) is 11.8. The first kappa shape index (κ1) is 31.1. The highest BCUT2D eigenvalue weighted by atomic mass is 28.3. The van der Waals surface area contributed by atoms with Crippen molar-refractivity contribution in [2.75, 3.05) is 4.90 Å². The lowest BCUT2D eigenvalue weighted by atomic mass is 10.0. The minimum Gasteiger partial charge on any atom is -0.455 e. The summed E-state index contributed by atoms with van der Waals surface area (Å²) >= 11 is 0. The van der Waals surface area contributed by atoms with Crippen LogP contribution < -0.4 is 25.6 Å². The Morgan fingerprint density at radius 2 is 0.868 bits per heavy atom. The minimum absolute atomic E-state index is 0.872. The lowest BCUT2D eigenvalue weighted by Crippen LogP contribution is -2.74. The van der Waals surface area contributed by atoms with Gasteiger partial charge in [-0.1, -0.05) is 176 Å². The molecule has 1 heterocycles. The highest BCUT2D eigenvalue weighted by Gasteiger charge is 2.41.